The fourth-order valence-electron chi connectivity index (χ4n) is 2.81. The van der Waals surface area contributed by atoms with Crippen LogP contribution in [0.25, 0.3) is 11.0 Å². The summed E-state index contributed by atoms with van der Waals surface area (Å²) in [7, 11) is 0. The number of carbonyl (C=O) groups is 1. The molecular formula is C17H24N2O2. The van der Waals surface area contributed by atoms with Crippen molar-refractivity contribution in [1.29, 1.82) is 0 Å². The Bertz CT molecular complexity index is 640. The average Bonchev–Trinajstić information content (AvgIpc) is 2.83. The van der Waals surface area contributed by atoms with E-state index >= 15 is 0 Å². The van der Waals surface area contributed by atoms with Gasteiger partial charge in [-0.3, -0.25) is 0 Å². The van der Waals surface area contributed by atoms with Gasteiger partial charge in [0.1, 0.15) is 5.82 Å². The van der Waals surface area contributed by atoms with Crippen molar-refractivity contribution in [2.75, 3.05) is 0 Å². The van der Waals surface area contributed by atoms with Gasteiger partial charge in [0.25, 0.3) is 0 Å². The van der Waals surface area contributed by atoms with Gasteiger partial charge in [0.15, 0.2) is 0 Å². The minimum atomic E-state index is -0.887. The van der Waals surface area contributed by atoms with E-state index in [0.717, 1.165) is 36.2 Å². The summed E-state index contributed by atoms with van der Waals surface area (Å²) in [5, 5.41) is 9.46. The summed E-state index contributed by atoms with van der Waals surface area (Å²) in [4.78, 5) is 16.2. The van der Waals surface area contributed by atoms with E-state index in [-0.39, 0.29) is 5.92 Å². The molecule has 114 valence electrons. The predicted octanol–water partition coefficient (Wildman–Crippen LogP) is 4.29. The van der Waals surface area contributed by atoms with E-state index in [0.29, 0.717) is 11.5 Å². The summed E-state index contributed by atoms with van der Waals surface area (Å²) in [6.07, 6.45) is 2.17. The number of fused-ring (bicyclic) bond motifs is 1. The normalized spacial score (nSPS) is 11.7. The highest BCUT2D eigenvalue weighted by atomic mass is 16.4. The number of imidazole rings is 1. The van der Waals surface area contributed by atoms with Crippen LogP contribution in [0.3, 0.4) is 0 Å². The van der Waals surface area contributed by atoms with E-state index in [1.54, 1.807) is 12.1 Å². The van der Waals surface area contributed by atoms with Crippen LogP contribution >= 0.6 is 0 Å². The lowest BCUT2D eigenvalue weighted by atomic mass is 10.0. The minimum absolute atomic E-state index is 0.272. The minimum Gasteiger partial charge on any atom is -0.478 e. The standard InChI is InChI=1S/C17H24N2O2/c1-5-12(6-2)10-19-15-13(17(20)21)8-7-9-14(15)18-16(19)11(3)4/h7-9,11-12H,5-6,10H2,1-4H3,(H,20,21). The second-order valence-electron chi connectivity index (χ2n) is 5.90. The molecule has 0 atom stereocenters. The Morgan fingerprint density at radius 3 is 2.48 bits per heavy atom. The van der Waals surface area contributed by atoms with Gasteiger partial charge in [0.2, 0.25) is 0 Å². The van der Waals surface area contributed by atoms with E-state index < -0.39 is 5.97 Å². The molecule has 4 nitrogen and oxygen atoms in total. The van der Waals surface area contributed by atoms with Gasteiger partial charge in [-0.1, -0.05) is 46.6 Å². The van der Waals surface area contributed by atoms with E-state index in [1.165, 1.54) is 0 Å². The maximum absolute atomic E-state index is 11.5. The number of nitrogens with zero attached hydrogens (tertiary/aromatic N) is 2. The highest BCUT2D eigenvalue weighted by Crippen LogP contribution is 2.27. The summed E-state index contributed by atoms with van der Waals surface area (Å²) in [5.41, 5.74) is 1.89. The van der Waals surface area contributed by atoms with Crippen LogP contribution in [-0.2, 0) is 6.54 Å². The van der Waals surface area contributed by atoms with Crippen LogP contribution < -0.4 is 0 Å². The molecule has 1 aromatic carbocycles. The Kier molecular flexibility index (Phi) is 4.66. The van der Waals surface area contributed by atoms with Crippen LogP contribution in [0, 0.1) is 5.92 Å². The monoisotopic (exact) mass is 288 g/mol. The lowest BCUT2D eigenvalue weighted by Crippen LogP contribution is -2.14. The number of hydrogen-bond donors (Lipinski definition) is 1. The maximum Gasteiger partial charge on any atom is 0.337 e. The molecule has 0 bridgehead atoms. The molecule has 0 fully saturated rings. The lowest BCUT2D eigenvalue weighted by molar-refractivity contribution is 0.0698. The van der Waals surface area contributed by atoms with Crippen molar-refractivity contribution in [2.24, 2.45) is 5.92 Å². The van der Waals surface area contributed by atoms with E-state index in [4.69, 9.17) is 0 Å². The summed E-state index contributed by atoms with van der Waals surface area (Å²) < 4.78 is 2.13. The molecule has 2 aromatic rings. The Labute approximate surface area is 125 Å². The Balaban J connectivity index is 2.67. The molecule has 2 rings (SSSR count). The molecule has 0 saturated carbocycles. The van der Waals surface area contributed by atoms with Gasteiger partial charge in [-0.05, 0) is 18.1 Å². The first-order chi connectivity index (χ1) is 9.99. The van der Waals surface area contributed by atoms with Crippen molar-refractivity contribution in [1.82, 2.24) is 9.55 Å². The third-order valence-corrected chi connectivity index (χ3v) is 4.14. The zero-order valence-electron chi connectivity index (χ0n) is 13.3. The molecule has 0 amide bonds. The Morgan fingerprint density at radius 1 is 1.29 bits per heavy atom. The number of carboxylic acids is 1. The van der Waals surface area contributed by atoms with Crippen molar-refractivity contribution in [3.8, 4) is 0 Å². The fraction of sp³-hybridized carbons (Fsp3) is 0.529. The molecule has 1 aromatic heterocycles. The summed E-state index contributed by atoms with van der Waals surface area (Å²) in [6.45, 7) is 9.40. The first-order valence-corrected chi connectivity index (χ1v) is 7.71. The Morgan fingerprint density at radius 2 is 1.95 bits per heavy atom. The van der Waals surface area contributed by atoms with Gasteiger partial charge in [0, 0.05) is 12.5 Å². The fourth-order valence-corrected chi connectivity index (χ4v) is 2.81. The summed E-state index contributed by atoms with van der Waals surface area (Å²) in [5.74, 6) is 0.905. The average molecular weight is 288 g/mol. The molecule has 21 heavy (non-hydrogen) atoms. The zero-order chi connectivity index (χ0) is 15.6. The highest BCUT2D eigenvalue weighted by Gasteiger charge is 2.20. The van der Waals surface area contributed by atoms with Crippen LogP contribution in [0.15, 0.2) is 18.2 Å². The van der Waals surface area contributed by atoms with Gasteiger partial charge in [-0.2, -0.15) is 0 Å². The van der Waals surface area contributed by atoms with Crippen molar-refractivity contribution in [3.05, 3.63) is 29.6 Å². The smallest absolute Gasteiger partial charge is 0.337 e. The molecule has 0 aliphatic carbocycles. The number of carboxylic acid groups (broad SMARTS) is 1. The number of aromatic carboxylic acids is 1. The number of hydrogen-bond acceptors (Lipinski definition) is 2. The SMILES string of the molecule is CCC(CC)Cn1c(C(C)C)nc2cccc(C(=O)O)c21. The van der Waals surface area contributed by atoms with Crippen LogP contribution in [0.4, 0.5) is 0 Å². The van der Waals surface area contributed by atoms with Gasteiger partial charge in [-0.15, -0.1) is 0 Å². The predicted molar refractivity (Wildman–Crippen MR) is 84.9 cm³/mol. The van der Waals surface area contributed by atoms with E-state index in [2.05, 4.69) is 37.2 Å². The number of rotatable bonds is 6. The summed E-state index contributed by atoms with van der Waals surface area (Å²) >= 11 is 0. The molecule has 1 heterocycles. The first kappa shape index (κ1) is 15.5. The molecule has 1 N–H and O–H groups in total. The van der Waals surface area contributed by atoms with Crippen LogP contribution in [-0.4, -0.2) is 20.6 Å². The lowest BCUT2D eigenvalue weighted by Gasteiger charge is -2.18. The van der Waals surface area contributed by atoms with Gasteiger partial charge in [0.05, 0.1) is 16.6 Å². The molecule has 0 aliphatic rings. The second-order valence-corrected chi connectivity index (χ2v) is 5.90. The van der Waals surface area contributed by atoms with Gasteiger partial charge in [-0.25, -0.2) is 9.78 Å². The largest absolute Gasteiger partial charge is 0.478 e. The third-order valence-electron chi connectivity index (χ3n) is 4.14. The first-order valence-electron chi connectivity index (χ1n) is 7.71. The summed E-state index contributed by atoms with van der Waals surface area (Å²) in [6, 6.07) is 5.33. The van der Waals surface area contributed by atoms with Crippen LogP contribution in [0.5, 0.6) is 0 Å². The van der Waals surface area contributed by atoms with Crippen molar-refractivity contribution >= 4 is 17.0 Å². The van der Waals surface area contributed by atoms with Crippen LogP contribution in [0.2, 0.25) is 0 Å². The molecule has 4 heteroatoms. The molecule has 0 radical (unpaired) electrons. The zero-order valence-corrected chi connectivity index (χ0v) is 13.3. The topological polar surface area (TPSA) is 55.1 Å². The maximum atomic E-state index is 11.5. The molecular weight excluding hydrogens is 264 g/mol. The second kappa shape index (κ2) is 6.29. The quantitative estimate of drug-likeness (QED) is 0.862. The van der Waals surface area contributed by atoms with E-state index in [9.17, 15) is 9.90 Å². The number of para-hydroxylation sites is 1. The Hall–Kier alpha value is -1.84. The number of benzene rings is 1. The van der Waals surface area contributed by atoms with Crippen LogP contribution in [0.1, 0.15) is 62.6 Å². The van der Waals surface area contributed by atoms with Crippen molar-refractivity contribution in [2.45, 2.75) is 53.0 Å². The molecule has 0 unspecified atom stereocenters. The third kappa shape index (κ3) is 2.94. The highest BCUT2D eigenvalue weighted by molar-refractivity contribution is 6.01. The van der Waals surface area contributed by atoms with Gasteiger partial charge >= 0.3 is 5.97 Å². The molecule has 0 saturated heterocycles. The van der Waals surface area contributed by atoms with Crippen molar-refractivity contribution in [3.63, 3.8) is 0 Å². The van der Waals surface area contributed by atoms with Gasteiger partial charge < -0.3 is 9.67 Å². The molecule has 0 aliphatic heterocycles. The number of aromatic nitrogens is 2. The van der Waals surface area contributed by atoms with E-state index in [1.807, 2.05) is 6.07 Å². The van der Waals surface area contributed by atoms with Crippen molar-refractivity contribution < 1.29 is 9.90 Å². The molecule has 0 spiro atoms.